The summed E-state index contributed by atoms with van der Waals surface area (Å²) in [5.41, 5.74) is 5.00. The number of aromatic nitrogens is 2. The monoisotopic (exact) mass is 482 g/mol. The second-order valence-electron chi connectivity index (χ2n) is 10.3. The number of carbonyl (C=O) groups is 1. The van der Waals surface area contributed by atoms with Crippen LogP contribution in [0.1, 0.15) is 56.5 Å². The van der Waals surface area contributed by atoms with Crippen LogP contribution in [0.25, 0.3) is 0 Å². The van der Waals surface area contributed by atoms with Crippen molar-refractivity contribution in [3.05, 3.63) is 46.6 Å². The molecule has 2 aliphatic rings. The van der Waals surface area contributed by atoms with E-state index in [-0.39, 0.29) is 6.09 Å². The van der Waals surface area contributed by atoms with E-state index in [9.17, 15) is 4.79 Å². The van der Waals surface area contributed by atoms with Gasteiger partial charge in [0.2, 0.25) is 0 Å². The van der Waals surface area contributed by atoms with Crippen LogP contribution in [0.2, 0.25) is 0 Å². The van der Waals surface area contributed by atoms with Crippen LogP contribution in [0.3, 0.4) is 0 Å². The summed E-state index contributed by atoms with van der Waals surface area (Å²) in [5.74, 6) is 1.67. The summed E-state index contributed by atoms with van der Waals surface area (Å²) >= 11 is 1.61. The molecule has 1 atom stereocenters. The maximum absolute atomic E-state index is 12.5. The van der Waals surface area contributed by atoms with Crippen LogP contribution < -0.4 is 4.90 Å². The van der Waals surface area contributed by atoms with E-state index in [1.807, 2.05) is 31.9 Å². The number of rotatable bonds is 5. The molecule has 0 spiro atoms. The molecule has 0 radical (unpaired) electrons. The highest BCUT2D eigenvalue weighted by atomic mass is 32.2. The van der Waals surface area contributed by atoms with Crippen molar-refractivity contribution in [2.24, 2.45) is 5.92 Å². The Morgan fingerprint density at radius 3 is 2.47 bits per heavy atom. The van der Waals surface area contributed by atoms with Gasteiger partial charge in [-0.3, -0.25) is 0 Å². The van der Waals surface area contributed by atoms with E-state index < -0.39 is 5.60 Å². The van der Waals surface area contributed by atoms with Gasteiger partial charge in [-0.05, 0) is 76.2 Å². The minimum Gasteiger partial charge on any atom is -0.444 e. The van der Waals surface area contributed by atoms with Gasteiger partial charge in [0.05, 0.1) is 5.69 Å². The van der Waals surface area contributed by atoms with E-state index in [1.165, 1.54) is 28.8 Å². The average Bonchev–Trinajstić information content (AvgIpc) is 2.82. The Balaban J connectivity index is 1.50. The molecule has 2 heterocycles. The van der Waals surface area contributed by atoms with Crippen LogP contribution in [0, 0.1) is 5.92 Å². The number of aryl methyl sites for hydroxylation is 1. The van der Waals surface area contributed by atoms with Crippen molar-refractivity contribution in [3.63, 3.8) is 0 Å². The molecule has 2 aromatic rings. The van der Waals surface area contributed by atoms with Crippen LogP contribution in [0.5, 0.6) is 0 Å². The molecule has 7 heteroatoms. The van der Waals surface area contributed by atoms with E-state index in [4.69, 9.17) is 14.7 Å². The zero-order chi connectivity index (χ0) is 24.3. The highest BCUT2D eigenvalue weighted by molar-refractivity contribution is 7.98. The largest absolute Gasteiger partial charge is 0.444 e. The molecule has 0 N–H and O–H groups in total. The maximum atomic E-state index is 12.5. The maximum Gasteiger partial charge on any atom is 0.410 e. The van der Waals surface area contributed by atoms with Crippen LogP contribution >= 0.6 is 11.8 Å². The molecule has 6 nitrogen and oxygen atoms in total. The molecule has 1 aromatic carbocycles. The summed E-state index contributed by atoms with van der Waals surface area (Å²) in [6, 6.07) is 8.86. The van der Waals surface area contributed by atoms with Crippen molar-refractivity contribution in [2.75, 3.05) is 37.3 Å². The first-order chi connectivity index (χ1) is 16.3. The Labute approximate surface area is 208 Å². The second kappa shape index (κ2) is 10.5. The molecule has 0 saturated carbocycles. The van der Waals surface area contributed by atoms with Gasteiger partial charge in [-0.25, -0.2) is 14.8 Å². The Hall–Kier alpha value is -2.28. The Bertz CT molecular complexity index is 1010. The number of hydrogen-bond acceptors (Lipinski definition) is 6. The molecule has 0 bridgehead atoms. The van der Waals surface area contributed by atoms with Gasteiger partial charge in [-0.15, -0.1) is 0 Å². The molecule has 34 heavy (non-hydrogen) atoms. The van der Waals surface area contributed by atoms with E-state index in [2.05, 4.69) is 36.1 Å². The molecule has 1 aromatic heterocycles. The molecular weight excluding hydrogens is 444 g/mol. The molecule has 1 unspecified atom stereocenters. The van der Waals surface area contributed by atoms with Gasteiger partial charge in [-0.2, -0.15) is 0 Å². The van der Waals surface area contributed by atoms with Crippen molar-refractivity contribution in [1.82, 2.24) is 14.9 Å². The van der Waals surface area contributed by atoms with Crippen molar-refractivity contribution >= 4 is 23.7 Å². The fourth-order valence-corrected chi connectivity index (χ4v) is 5.41. The molecule has 184 valence electrons. The summed E-state index contributed by atoms with van der Waals surface area (Å²) in [6.45, 7) is 10.7. The van der Waals surface area contributed by atoms with Crippen LogP contribution in [0.15, 0.2) is 29.4 Å². The lowest BCUT2D eigenvalue weighted by Gasteiger charge is -2.37. The number of nitrogens with zero attached hydrogens (tertiary/aromatic N) is 4. The first-order valence-corrected chi connectivity index (χ1v) is 13.7. The van der Waals surface area contributed by atoms with Crippen LogP contribution in [0.4, 0.5) is 10.6 Å². The molecule has 1 amide bonds. The highest BCUT2D eigenvalue weighted by Crippen LogP contribution is 2.32. The minimum atomic E-state index is -0.474. The number of fused-ring (bicyclic) bond motifs is 1. The van der Waals surface area contributed by atoms with Crippen molar-refractivity contribution in [1.29, 1.82) is 0 Å². The minimum absolute atomic E-state index is 0.228. The van der Waals surface area contributed by atoms with Gasteiger partial charge in [-0.1, -0.05) is 43.0 Å². The first kappa shape index (κ1) is 24.8. The number of anilines is 1. The van der Waals surface area contributed by atoms with Crippen LogP contribution in [-0.2, 0) is 30.4 Å². The third-order valence-corrected chi connectivity index (χ3v) is 7.30. The smallest absolute Gasteiger partial charge is 0.410 e. The first-order valence-electron chi connectivity index (χ1n) is 12.5. The summed E-state index contributed by atoms with van der Waals surface area (Å²) in [4.78, 5) is 26.6. The lowest BCUT2D eigenvalue weighted by Crippen LogP contribution is -2.50. The van der Waals surface area contributed by atoms with Crippen molar-refractivity contribution in [3.8, 4) is 0 Å². The fraction of sp³-hybridized carbons (Fsp3) is 0.593. The highest BCUT2D eigenvalue weighted by Gasteiger charge is 2.29. The summed E-state index contributed by atoms with van der Waals surface area (Å²) in [5, 5.41) is 0.841. The predicted octanol–water partition coefficient (Wildman–Crippen LogP) is 5.17. The van der Waals surface area contributed by atoms with E-state index in [0.717, 1.165) is 49.7 Å². The number of ether oxygens (including phenoxy) is 1. The van der Waals surface area contributed by atoms with Crippen molar-refractivity contribution < 1.29 is 9.53 Å². The molecule has 1 fully saturated rings. The standard InChI is InChI=1S/C27H38N4O2S/c1-6-22-23(18-19-11-12-20-9-7-8-10-21(20)17-19)28-25(34-5)29-24(22)30-13-15-31(16-14-30)26(32)33-27(2,3)4/h7-10,19H,6,11-18H2,1-5H3. The third-order valence-electron chi connectivity index (χ3n) is 6.75. The third kappa shape index (κ3) is 5.85. The topological polar surface area (TPSA) is 58.6 Å². The van der Waals surface area contributed by atoms with Crippen LogP contribution in [-0.4, -0.2) is 59.0 Å². The Morgan fingerprint density at radius 1 is 1.12 bits per heavy atom. The van der Waals surface area contributed by atoms with Crippen molar-refractivity contribution in [2.45, 2.75) is 70.6 Å². The second-order valence-corrected chi connectivity index (χ2v) is 11.1. The molecule has 1 saturated heterocycles. The zero-order valence-corrected chi connectivity index (χ0v) is 22.1. The Morgan fingerprint density at radius 2 is 1.82 bits per heavy atom. The van der Waals surface area contributed by atoms with Gasteiger partial charge < -0.3 is 14.5 Å². The quantitative estimate of drug-likeness (QED) is 0.433. The van der Waals surface area contributed by atoms with Gasteiger partial charge in [0, 0.05) is 31.7 Å². The lowest BCUT2D eigenvalue weighted by atomic mass is 9.81. The molecular formula is C27H38N4O2S. The Kier molecular flexibility index (Phi) is 7.70. The number of thioether (sulfide) groups is 1. The summed E-state index contributed by atoms with van der Waals surface area (Å²) in [7, 11) is 0. The van der Waals surface area contributed by atoms with E-state index in [1.54, 1.807) is 11.8 Å². The van der Waals surface area contributed by atoms with E-state index >= 15 is 0 Å². The summed E-state index contributed by atoms with van der Waals surface area (Å²) in [6.07, 6.45) is 7.22. The van der Waals surface area contributed by atoms with Gasteiger partial charge in [0.25, 0.3) is 0 Å². The number of hydrogen-bond donors (Lipinski definition) is 0. The molecule has 4 rings (SSSR count). The van der Waals surface area contributed by atoms with Gasteiger partial charge in [0.1, 0.15) is 11.4 Å². The number of carbonyl (C=O) groups excluding carboxylic acids is 1. The van der Waals surface area contributed by atoms with E-state index in [0.29, 0.717) is 19.0 Å². The number of piperazine rings is 1. The van der Waals surface area contributed by atoms with Gasteiger partial charge >= 0.3 is 6.09 Å². The lowest BCUT2D eigenvalue weighted by molar-refractivity contribution is 0.0240. The normalized spacial score (nSPS) is 18.6. The predicted molar refractivity (Wildman–Crippen MR) is 139 cm³/mol. The van der Waals surface area contributed by atoms with Gasteiger partial charge in [0.15, 0.2) is 5.16 Å². The zero-order valence-electron chi connectivity index (χ0n) is 21.3. The fourth-order valence-electron chi connectivity index (χ4n) is 5.03. The average molecular weight is 483 g/mol. The number of amides is 1. The molecule has 1 aliphatic heterocycles. The number of benzene rings is 1. The molecule has 1 aliphatic carbocycles. The summed E-state index contributed by atoms with van der Waals surface area (Å²) < 4.78 is 5.57. The SMILES string of the molecule is CCc1c(CC2CCc3ccccc3C2)nc(SC)nc1N1CCN(C(=O)OC(C)(C)C)CC1.